The third-order valence-electron chi connectivity index (χ3n) is 3.52. The van der Waals surface area contributed by atoms with Crippen LogP contribution in [0.1, 0.15) is 51.0 Å². The summed E-state index contributed by atoms with van der Waals surface area (Å²) in [7, 11) is 1.83. The lowest BCUT2D eigenvalue weighted by atomic mass is 9.79. The molecular weight excluding hydrogens is 367 g/mol. The topological polar surface area (TPSA) is 59.0 Å². The number of hydrogen-bond acceptors (Lipinski definition) is 3. The van der Waals surface area contributed by atoms with Crippen LogP contribution < -0.4 is 10.6 Å². The van der Waals surface area contributed by atoms with Crippen LogP contribution in [-0.2, 0) is 7.05 Å². The van der Waals surface area contributed by atoms with Crippen LogP contribution in [-0.4, -0.2) is 32.8 Å². The van der Waals surface area contributed by atoms with Crippen molar-refractivity contribution in [1.29, 1.82) is 0 Å². The summed E-state index contributed by atoms with van der Waals surface area (Å²) in [5.41, 5.74) is 0.566. The van der Waals surface area contributed by atoms with Crippen molar-refractivity contribution in [3.63, 3.8) is 0 Å². The van der Waals surface area contributed by atoms with E-state index in [1.165, 1.54) is 0 Å². The molecule has 112 valence electrons. The van der Waals surface area contributed by atoms with Gasteiger partial charge in [-0.2, -0.15) is 5.10 Å². The first-order valence-corrected chi connectivity index (χ1v) is 7.95. The average molecular weight is 390 g/mol. The van der Waals surface area contributed by atoms with E-state index >= 15 is 0 Å². The van der Waals surface area contributed by atoms with Gasteiger partial charge in [0.1, 0.15) is 0 Å². The fourth-order valence-corrected chi connectivity index (χ4v) is 4.05. The van der Waals surface area contributed by atoms with Crippen LogP contribution >= 0.6 is 22.6 Å². The number of aromatic nitrogens is 2. The molecule has 20 heavy (non-hydrogen) atoms. The maximum absolute atomic E-state index is 12.4. The summed E-state index contributed by atoms with van der Waals surface area (Å²) in [6.45, 7) is 8.71. The zero-order valence-corrected chi connectivity index (χ0v) is 14.9. The lowest BCUT2D eigenvalue weighted by molar-refractivity contribution is 0.0866. The maximum atomic E-state index is 12.4. The minimum atomic E-state index is -0.0755. The third-order valence-corrected chi connectivity index (χ3v) is 4.31. The van der Waals surface area contributed by atoms with Gasteiger partial charge in [-0.15, -0.1) is 0 Å². The van der Waals surface area contributed by atoms with Gasteiger partial charge in [0.15, 0.2) is 5.69 Å². The van der Waals surface area contributed by atoms with Gasteiger partial charge >= 0.3 is 0 Å². The normalized spacial score (nSPS) is 21.7. The Hall–Kier alpha value is -0.630. The van der Waals surface area contributed by atoms with Gasteiger partial charge in [-0.1, -0.05) is 0 Å². The number of hydrogen-bond donors (Lipinski definition) is 2. The van der Waals surface area contributed by atoms with Crippen molar-refractivity contribution < 1.29 is 4.79 Å². The Kier molecular flexibility index (Phi) is 4.17. The molecule has 1 aromatic rings. The predicted molar refractivity (Wildman–Crippen MR) is 87.7 cm³/mol. The molecule has 1 fully saturated rings. The number of aryl methyl sites for hydroxylation is 1. The predicted octanol–water partition coefficient (Wildman–Crippen LogP) is 2.06. The highest BCUT2D eigenvalue weighted by Crippen LogP contribution is 2.28. The lowest BCUT2D eigenvalue weighted by Gasteiger charge is -2.46. The lowest BCUT2D eigenvalue weighted by Crippen LogP contribution is -2.62. The Morgan fingerprint density at radius 2 is 1.95 bits per heavy atom. The third kappa shape index (κ3) is 3.72. The van der Waals surface area contributed by atoms with E-state index in [2.05, 4.69) is 66.0 Å². The van der Waals surface area contributed by atoms with E-state index in [0.29, 0.717) is 5.69 Å². The molecule has 5 nitrogen and oxygen atoms in total. The quantitative estimate of drug-likeness (QED) is 0.761. The van der Waals surface area contributed by atoms with Gasteiger partial charge < -0.3 is 10.6 Å². The highest BCUT2D eigenvalue weighted by Gasteiger charge is 2.38. The zero-order valence-electron chi connectivity index (χ0n) is 12.7. The molecular formula is C14H23IN4O. The van der Waals surface area contributed by atoms with E-state index in [9.17, 15) is 4.79 Å². The van der Waals surface area contributed by atoms with E-state index in [1.807, 2.05) is 13.2 Å². The van der Waals surface area contributed by atoms with Crippen LogP contribution in [0.4, 0.5) is 0 Å². The van der Waals surface area contributed by atoms with Gasteiger partial charge in [0.25, 0.3) is 5.91 Å². The van der Waals surface area contributed by atoms with Gasteiger partial charge in [-0.05, 0) is 63.1 Å². The molecule has 0 radical (unpaired) electrons. The van der Waals surface area contributed by atoms with E-state index in [1.54, 1.807) is 4.68 Å². The average Bonchev–Trinajstić information content (AvgIpc) is 2.52. The Bertz CT molecular complexity index is 505. The molecule has 1 amide bonds. The summed E-state index contributed by atoms with van der Waals surface area (Å²) < 4.78 is 2.56. The molecule has 2 N–H and O–H groups in total. The fourth-order valence-electron chi connectivity index (χ4n) is 3.29. The molecule has 0 spiro atoms. The highest BCUT2D eigenvalue weighted by atomic mass is 127. The summed E-state index contributed by atoms with van der Waals surface area (Å²) in [6, 6.07) is 0.173. The molecule has 6 heteroatoms. The number of halogens is 1. The first-order chi connectivity index (χ1) is 9.08. The second-order valence-electron chi connectivity index (χ2n) is 6.97. The Morgan fingerprint density at radius 3 is 2.40 bits per heavy atom. The number of nitrogens with one attached hydrogen (secondary N) is 2. The molecule has 1 saturated heterocycles. The molecule has 1 aliphatic rings. The van der Waals surface area contributed by atoms with Crippen LogP contribution in [0.5, 0.6) is 0 Å². The Labute approximate surface area is 134 Å². The molecule has 0 aromatic carbocycles. The first-order valence-electron chi connectivity index (χ1n) is 6.87. The van der Waals surface area contributed by atoms with Crippen molar-refractivity contribution in [2.45, 2.75) is 57.7 Å². The number of carbonyl (C=O) groups is 1. The summed E-state index contributed by atoms with van der Waals surface area (Å²) >= 11 is 2.15. The fraction of sp³-hybridized carbons (Fsp3) is 0.714. The standard InChI is InChI=1S/C14H23IN4O/c1-13(2)6-9(7-14(3,4)18-13)16-12(20)11-10(15)8-19(5)17-11/h8-9,18H,6-7H2,1-5H3,(H,16,20). The van der Waals surface area contributed by atoms with E-state index in [-0.39, 0.29) is 23.0 Å². The number of carbonyl (C=O) groups excluding carboxylic acids is 1. The largest absolute Gasteiger partial charge is 0.348 e. The Balaban J connectivity index is 2.09. The SMILES string of the molecule is Cn1cc(I)c(C(=O)NC2CC(C)(C)NC(C)(C)C2)n1. The van der Waals surface area contributed by atoms with Crippen molar-refractivity contribution >= 4 is 28.5 Å². The number of piperidine rings is 1. The second-order valence-corrected chi connectivity index (χ2v) is 8.13. The molecule has 1 aromatic heterocycles. The number of nitrogens with zero attached hydrogens (tertiary/aromatic N) is 2. The van der Waals surface area contributed by atoms with Gasteiger partial charge in [0, 0.05) is 30.4 Å². The van der Waals surface area contributed by atoms with Gasteiger partial charge in [0.2, 0.25) is 0 Å². The summed E-state index contributed by atoms with van der Waals surface area (Å²) in [6.07, 6.45) is 3.70. The Morgan fingerprint density at radius 1 is 1.40 bits per heavy atom. The summed E-state index contributed by atoms with van der Waals surface area (Å²) in [4.78, 5) is 12.4. The molecule has 0 aliphatic carbocycles. The molecule has 2 heterocycles. The minimum Gasteiger partial charge on any atom is -0.348 e. The first kappa shape index (κ1) is 15.8. The van der Waals surface area contributed by atoms with Crippen LogP contribution in [0.25, 0.3) is 0 Å². The number of rotatable bonds is 2. The van der Waals surface area contributed by atoms with Crippen molar-refractivity contribution in [2.24, 2.45) is 7.05 Å². The zero-order chi connectivity index (χ0) is 15.1. The molecule has 2 rings (SSSR count). The van der Waals surface area contributed by atoms with Crippen molar-refractivity contribution in [2.75, 3.05) is 0 Å². The monoisotopic (exact) mass is 390 g/mol. The minimum absolute atomic E-state index is 0.0248. The van der Waals surface area contributed by atoms with Crippen LogP contribution in [0, 0.1) is 3.57 Å². The smallest absolute Gasteiger partial charge is 0.273 e. The van der Waals surface area contributed by atoms with Crippen molar-refractivity contribution in [3.8, 4) is 0 Å². The van der Waals surface area contributed by atoms with Crippen molar-refractivity contribution in [1.82, 2.24) is 20.4 Å². The molecule has 0 atom stereocenters. The van der Waals surface area contributed by atoms with E-state index < -0.39 is 0 Å². The highest BCUT2D eigenvalue weighted by molar-refractivity contribution is 14.1. The van der Waals surface area contributed by atoms with Gasteiger partial charge in [0.05, 0.1) is 3.57 Å². The maximum Gasteiger partial charge on any atom is 0.273 e. The van der Waals surface area contributed by atoms with Crippen LogP contribution in [0.3, 0.4) is 0 Å². The molecule has 1 aliphatic heterocycles. The molecule has 0 saturated carbocycles. The molecule has 0 unspecified atom stereocenters. The summed E-state index contributed by atoms with van der Waals surface area (Å²) in [5.74, 6) is -0.0755. The van der Waals surface area contributed by atoms with E-state index in [0.717, 1.165) is 16.4 Å². The second kappa shape index (κ2) is 5.29. The van der Waals surface area contributed by atoms with E-state index in [4.69, 9.17) is 0 Å². The summed E-state index contributed by atoms with van der Waals surface area (Å²) in [5, 5.41) is 11.0. The number of amides is 1. The van der Waals surface area contributed by atoms with Crippen molar-refractivity contribution in [3.05, 3.63) is 15.5 Å². The van der Waals surface area contributed by atoms with Crippen LogP contribution in [0.15, 0.2) is 6.20 Å². The van der Waals surface area contributed by atoms with Crippen LogP contribution in [0.2, 0.25) is 0 Å². The van der Waals surface area contributed by atoms with Gasteiger partial charge in [-0.3, -0.25) is 9.48 Å². The molecule has 0 bridgehead atoms. The van der Waals surface area contributed by atoms with Gasteiger partial charge in [-0.25, -0.2) is 0 Å².